The van der Waals surface area contributed by atoms with E-state index in [0.29, 0.717) is 18.7 Å². The lowest BCUT2D eigenvalue weighted by Gasteiger charge is -2.46. The molecule has 5 nitrogen and oxygen atoms in total. The monoisotopic (exact) mass is 310 g/mol. The number of thiazole rings is 1. The van der Waals surface area contributed by atoms with Crippen LogP contribution in [0, 0.1) is 0 Å². The molecule has 3 aliphatic heterocycles. The molecule has 21 heavy (non-hydrogen) atoms. The summed E-state index contributed by atoms with van der Waals surface area (Å²) in [7, 11) is 1.75. The minimum atomic E-state index is 0.487. The molecule has 4 rings (SSSR count). The van der Waals surface area contributed by atoms with E-state index in [1.165, 1.54) is 36.1 Å². The van der Waals surface area contributed by atoms with Crippen LogP contribution in [0.4, 0.5) is 0 Å². The molecular formula is C15H26N4OS. The van der Waals surface area contributed by atoms with Crippen molar-refractivity contribution in [3.05, 3.63) is 15.6 Å². The lowest BCUT2D eigenvalue weighted by atomic mass is 10.1. The molecule has 1 aromatic heterocycles. The highest BCUT2D eigenvalue weighted by molar-refractivity contribution is 7.11. The number of rotatable bonds is 6. The van der Waals surface area contributed by atoms with Gasteiger partial charge in [0.25, 0.3) is 0 Å². The predicted molar refractivity (Wildman–Crippen MR) is 85.6 cm³/mol. The standard InChI is InChI=1S/C15H26N4OS/c1-11(2)16-8-14-12(10-20-3)17-15(21-14)13-9-18-4-6-19(13)7-5-18/h11,13,16H,4-10H2,1-3H3. The molecule has 3 fully saturated rings. The summed E-state index contributed by atoms with van der Waals surface area (Å²) in [6.45, 7) is 11.8. The van der Waals surface area contributed by atoms with Gasteiger partial charge in [-0.05, 0) is 0 Å². The van der Waals surface area contributed by atoms with Gasteiger partial charge in [-0.1, -0.05) is 13.8 Å². The Bertz CT molecular complexity index is 468. The van der Waals surface area contributed by atoms with Crippen molar-refractivity contribution in [1.29, 1.82) is 0 Å². The van der Waals surface area contributed by atoms with Crippen LogP contribution in [-0.2, 0) is 17.9 Å². The first-order valence-corrected chi connectivity index (χ1v) is 8.66. The van der Waals surface area contributed by atoms with E-state index in [1.807, 2.05) is 11.3 Å². The summed E-state index contributed by atoms with van der Waals surface area (Å²) < 4.78 is 5.33. The number of piperazine rings is 3. The van der Waals surface area contributed by atoms with Crippen molar-refractivity contribution >= 4 is 11.3 Å². The fourth-order valence-corrected chi connectivity index (χ4v) is 4.23. The van der Waals surface area contributed by atoms with E-state index in [-0.39, 0.29) is 0 Å². The van der Waals surface area contributed by atoms with Crippen molar-refractivity contribution in [1.82, 2.24) is 20.1 Å². The van der Waals surface area contributed by atoms with Gasteiger partial charge in [0, 0.05) is 57.3 Å². The number of ether oxygens (including phenoxy) is 1. The van der Waals surface area contributed by atoms with Gasteiger partial charge >= 0.3 is 0 Å². The highest BCUT2D eigenvalue weighted by atomic mass is 32.1. The number of hydrogen-bond acceptors (Lipinski definition) is 6. The van der Waals surface area contributed by atoms with Crippen LogP contribution in [0.1, 0.15) is 35.5 Å². The van der Waals surface area contributed by atoms with Crippen LogP contribution < -0.4 is 5.32 Å². The summed E-state index contributed by atoms with van der Waals surface area (Å²) in [6, 6.07) is 0.979. The van der Waals surface area contributed by atoms with Gasteiger partial charge < -0.3 is 10.1 Å². The number of methoxy groups -OCH3 is 1. The second-order valence-corrected chi connectivity index (χ2v) is 7.36. The fourth-order valence-electron chi connectivity index (χ4n) is 3.08. The average Bonchev–Trinajstić information content (AvgIpc) is 2.90. The largest absolute Gasteiger partial charge is 0.378 e. The fraction of sp³-hybridized carbons (Fsp3) is 0.800. The number of hydrogen-bond donors (Lipinski definition) is 1. The van der Waals surface area contributed by atoms with Crippen LogP contribution in [0.15, 0.2) is 0 Å². The second-order valence-electron chi connectivity index (χ2n) is 6.24. The third kappa shape index (κ3) is 3.46. The van der Waals surface area contributed by atoms with Crippen molar-refractivity contribution in [2.24, 2.45) is 0 Å². The Morgan fingerprint density at radius 2 is 2.10 bits per heavy atom. The van der Waals surface area contributed by atoms with Gasteiger partial charge in [-0.2, -0.15) is 0 Å². The van der Waals surface area contributed by atoms with Crippen LogP contribution in [0.3, 0.4) is 0 Å². The van der Waals surface area contributed by atoms with Gasteiger partial charge in [0.05, 0.1) is 18.3 Å². The first-order chi connectivity index (χ1) is 10.2. The van der Waals surface area contributed by atoms with Gasteiger partial charge in [0.1, 0.15) is 5.01 Å². The van der Waals surface area contributed by atoms with Crippen molar-refractivity contribution in [2.45, 2.75) is 39.1 Å². The third-order valence-corrected chi connectivity index (χ3v) is 5.51. The van der Waals surface area contributed by atoms with Gasteiger partial charge in [-0.3, -0.25) is 9.80 Å². The Morgan fingerprint density at radius 1 is 1.33 bits per heavy atom. The Morgan fingerprint density at radius 3 is 2.67 bits per heavy atom. The molecule has 1 unspecified atom stereocenters. The molecule has 1 N–H and O–H groups in total. The molecular weight excluding hydrogens is 284 g/mol. The minimum absolute atomic E-state index is 0.487. The molecule has 1 aromatic rings. The first-order valence-electron chi connectivity index (χ1n) is 7.84. The molecule has 6 heteroatoms. The zero-order valence-electron chi connectivity index (χ0n) is 13.3. The molecule has 118 valence electrons. The van der Waals surface area contributed by atoms with Crippen LogP contribution in [-0.4, -0.2) is 60.7 Å². The molecule has 0 saturated carbocycles. The quantitative estimate of drug-likeness (QED) is 0.861. The van der Waals surface area contributed by atoms with E-state index >= 15 is 0 Å². The van der Waals surface area contributed by atoms with Gasteiger partial charge in [-0.15, -0.1) is 11.3 Å². The molecule has 0 radical (unpaired) electrons. The lowest BCUT2D eigenvalue weighted by Crippen LogP contribution is -2.56. The maximum Gasteiger partial charge on any atom is 0.112 e. The summed E-state index contributed by atoms with van der Waals surface area (Å²) in [5, 5.41) is 4.77. The number of aromatic nitrogens is 1. The van der Waals surface area contributed by atoms with Crippen molar-refractivity contribution in [3.8, 4) is 0 Å². The summed E-state index contributed by atoms with van der Waals surface area (Å²) in [4.78, 5) is 11.4. The van der Waals surface area contributed by atoms with Crippen molar-refractivity contribution in [2.75, 3.05) is 39.8 Å². The molecule has 3 aliphatic rings. The van der Waals surface area contributed by atoms with Crippen LogP contribution in [0.2, 0.25) is 0 Å². The third-order valence-electron chi connectivity index (χ3n) is 4.31. The molecule has 0 amide bonds. The highest BCUT2D eigenvalue weighted by Gasteiger charge is 2.35. The zero-order valence-corrected chi connectivity index (χ0v) is 14.1. The van der Waals surface area contributed by atoms with Crippen LogP contribution in [0.25, 0.3) is 0 Å². The van der Waals surface area contributed by atoms with E-state index in [9.17, 15) is 0 Å². The van der Waals surface area contributed by atoms with E-state index in [2.05, 4.69) is 29.0 Å². The lowest BCUT2D eigenvalue weighted by molar-refractivity contribution is 0.0121. The van der Waals surface area contributed by atoms with Gasteiger partial charge in [0.15, 0.2) is 0 Å². The average molecular weight is 310 g/mol. The molecule has 3 saturated heterocycles. The Kier molecular flexibility index (Phi) is 4.91. The Balaban J connectivity index is 1.77. The molecule has 2 bridgehead atoms. The van der Waals surface area contributed by atoms with E-state index in [0.717, 1.165) is 18.8 Å². The van der Waals surface area contributed by atoms with E-state index in [4.69, 9.17) is 9.72 Å². The molecule has 0 aliphatic carbocycles. The highest BCUT2D eigenvalue weighted by Crippen LogP contribution is 2.33. The molecule has 0 aromatic carbocycles. The molecule has 0 spiro atoms. The summed E-state index contributed by atoms with van der Waals surface area (Å²) in [5.41, 5.74) is 1.11. The van der Waals surface area contributed by atoms with E-state index in [1.54, 1.807) is 7.11 Å². The summed E-state index contributed by atoms with van der Waals surface area (Å²) >= 11 is 1.87. The number of fused-ring (bicyclic) bond motifs is 3. The van der Waals surface area contributed by atoms with E-state index < -0.39 is 0 Å². The summed E-state index contributed by atoms with van der Waals surface area (Å²) in [6.07, 6.45) is 0. The minimum Gasteiger partial charge on any atom is -0.378 e. The Labute approximate surface area is 131 Å². The first kappa shape index (κ1) is 15.4. The topological polar surface area (TPSA) is 40.6 Å². The second kappa shape index (κ2) is 6.71. The molecule has 1 atom stereocenters. The Hall–Kier alpha value is -0.530. The SMILES string of the molecule is COCc1nc(C2CN3CCN2CC3)sc1CNC(C)C. The van der Waals surface area contributed by atoms with Crippen LogP contribution >= 0.6 is 11.3 Å². The molecule has 4 heterocycles. The zero-order chi connectivity index (χ0) is 14.8. The maximum absolute atomic E-state index is 5.33. The van der Waals surface area contributed by atoms with Crippen molar-refractivity contribution < 1.29 is 4.74 Å². The smallest absolute Gasteiger partial charge is 0.112 e. The number of nitrogens with zero attached hydrogens (tertiary/aromatic N) is 3. The van der Waals surface area contributed by atoms with Gasteiger partial charge in [0.2, 0.25) is 0 Å². The normalized spacial score (nSPS) is 28.5. The number of nitrogens with one attached hydrogen (secondary N) is 1. The predicted octanol–water partition coefficient (Wildman–Crippen LogP) is 1.46. The maximum atomic E-state index is 5.33. The van der Waals surface area contributed by atoms with Gasteiger partial charge in [-0.25, -0.2) is 4.98 Å². The van der Waals surface area contributed by atoms with Crippen molar-refractivity contribution in [3.63, 3.8) is 0 Å². The van der Waals surface area contributed by atoms with Crippen LogP contribution in [0.5, 0.6) is 0 Å². The summed E-state index contributed by atoms with van der Waals surface area (Å²) in [5.74, 6) is 0.